The van der Waals surface area contributed by atoms with Gasteiger partial charge in [-0.05, 0) is 64.2 Å². The normalized spacial score (nSPS) is 12.7. The average molecular weight is 1120 g/mol. The molecule has 0 aromatic carbocycles. The highest BCUT2D eigenvalue weighted by Crippen LogP contribution is 2.19. The maximum Gasteiger partial charge on any atom is 0.305 e. The van der Waals surface area contributed by atoms with Gasteiger partial charge in [-0.25, -0.2) is 0 Å². The van der Waals surface area contributed by atoms with Gasteiger partial charge in [0.25, 0.3) is 0 Å². The van der Waals surface area contributed by atoms with E-state index in [1.807, 2.05) is 6.08 Å². The van der Waals surface area contributed by atoms with Crippen molar-refractivity contribution in [1.82, 2.24) is 5.32 Å². The molecule has 0 heterocycles. The van der Waals surface area contributed by atoms with E-state index in [2.05, 4.69) is 43.5 Å². The highest BCUT2D eigenvalue weighted by molar-refractivity contribution is 5.76. The predicted octanol–water partition coefficient (Wildman–Crippen LogP) is 23.5. The number of aliphatic hydroxyl groups excluding tert-OH is 2. The van der Waals surface area contributed by atoms with Crippen LogP contribution in [0.1, 0.15) is 399 Å². The second kappa shape index (κ2) is 69.6. The van der Waals surface area contributed by atoms with Crippen LogP contribution in [0.15, 0.2) is 36.5 Å². The lowest BCUT2D eigenvalue weighted by molar-refractivity contribution is -0.143. The number of hydrogen-bond acceptors (Lipinski definition) is 5. The second-order valence-electron chi connectivity index (χ2n) is 24.9. The predicted molar refractivity (Wildman–Crippen MR) is 352 cm³/mol. The minimum absolute atomic E-state index is 0.0156. The molecule has 0 aromatic rings. The summed E-state index contributed by atoms with van der Waals surface area (Å²) in [4.78, 5) is 24.6. The molecule has 6 nitrogen and oxygen atoms in total. The Kier molecular flexibility index (Phi) is 67.9. The summed E-state index contributed by atoms with van der Waals surface area (Å²) in [6, 6.07) is -0.628. The summed E-state index contributed by atoms with van der Waals surface area (Å²) >= 11 is 0. The first-order valence-electron chi connectivity index (χ1n) is 36.3. The van der Waals surface area contributed by atoms with Crippen molar-refractivity contribution in [1.29, 1.82) is 0 Å². The molecular formula is C74H141NO5. The van der Waals surface area contributed by atoms with Crippen LogP contribution < -0.4 is 5.32 Å². The summed E-state index contributed by atoms with van der Waals surface area (Å²) in [5.41, 5.74) is 0. The fourth-order valence-electron chi connectivity index (χ4n) is 11.4. The molecule has 0 fully saturated rings. The van der Waals surface area contributed by atoms with Gasteiger partial charge in [-0.3, -0.25) is 9.59 Å². The van der Waals surface area contributed by atoms with Gasteiger partial charge in [-0.2, -0.15) is 0 Å². The zero-order chi connectivity index (χ0) is 57.8. The van der Waals surface area contributed by atoms with Crippen molar-refractivity contribution in [2.24, 2.45) is 0 Å². The number of amides is 1. The van der Waals surface area contributed by atoms with E-state index in [0.717, 1.165) is 44.9 Å². The summed E-state index contributed by atoms with van der Waals surface area (Å²) < 4.78 is 5.49. The molecule has 0 aliphatic rings. The lowest BCUT2D eigenvalue weighted by atomic mass is 10.0. The van der Waals surface area contributed by atoms with E-state index < -0.39 is 12.1 Å². The molecule has 80 heavy (non-hydrogen) atoms. The van der Waals surface area contributed by atoms with Crippen molar-refractivity contribution >= 4 is 11.9 Å². The van der Waals surface area contributed by atoms with Gasteiger partial charge in [0, 0.05) is 12.8 Å². The molecule has 0 aliphatic heterocycles. The van der Waals surface area contributed by atoms with Gasteiger partial charge in [0.2, 0.25) is 5.91 Å². The summed E-state index contributed by atoms with van der Waals surface area (Å²) in [6.45, 7) is 4.94. The number of rotatable bonds is 68. The van der Waals surface area contributed by atoms with Crippen molar-refractivity contribution in [2.45, 2.75) is 411 Å². The minimum atomic E-state index is -0.845. The molecule has 0 radical (unpaired) electrons. The Balaban J connectivity index is 3.41. The van der Waals surface area contributed by atoms with Gasteiger partial charge < -0.3 is 20.3 Å². The number of carbonyl (C=O) groups excluding carboxylic acids is 2. The third-order valence-corrected chi connectivity index (χ3v) is 16.9. The average Bonchev–Trinajstić information content (AvgIpc) is 3.46. The van der Waals surface area contributed by atoms with Gasteiger partial charge in [0.15, 0.2) is 0 Å². The number of hydrogen-bond donors (Lipinski definition) is 3. The maximum absolute atomic E-state index is 12.5. The van der Waals surface area contributed by atoms with E-state index in [0.29, 0.717) is 19.4 Å². The first-order chi connectivity index (χ1) is 39.5. The molecule has 1 amide bonds. The molecule has 0 saturated heterocycles. The molecule has 0 aliphatic carbocycles. The van der Waals surface area contributed by atoms with E-state index in [1.165, 1.54) is 327 Å². The fraction of sp³-hybridized carbons (Fsp3) is 0.892. The van der Waals surface area contributed by atoms with Crippen LogP contribution in [0, 0.1) is 0 Å². The van der Waals surface area contributed by atoms with Gasteiger partial charge in [-0.15, -0.1) is 0 Å². The molecule has 2 atom stereocenters. The van der Waals surface area contributed by atoms with Crippen molar-refractivity contribution in [3.8, 4) is 0 Å². The van der Waals surface area contributed by atoms with Crippen LogP contribution in [-0.2, 0) is 14.3 Å². The molecular weight excluding hydrogens is 983 g/mol. The SMILES string of the molecule is CCCCCCCCCCCCCCCCCC/C=C/C(O)C(CO)NC(=O)CCCCCCCCCCCCCCCCC/C=C\C/C=C\CCCCCCCCCCCOC(=O)CCCCCCCCCCCCCCCC. The Bertz CT molecular complexity index is 1300. The lowest BCUT2D eigenvalue weighted by Crippen LogP contribution is -2.45. The van der Waals surface area contributed by atoms with E-state index >= 15 is 0 Å². The van der Waals surface area contributed by atoms with Crippen LogP contribution in [0.25, 0.3) is 0 Å². The topological polar surface area (TPSA) is 95.9 Å². The van der Waals surface area contributed by atoms with Crippen LogP contribution in [0.3, 0.4) is 0 Å². The van der Waals surface area contributed by atoms with E-state index in [4.69, 9.17) is 4.74 Å². The molecule has 0 aromatic heterocycles. The van der Waals surface area contributed by atoms with Crippen LogP contribution in [0.4, 0.5) is 0 Å². The first-order valence-corrected chi connectivity index (χ1v) is 36.3. The molecule has 6 heteroatoms. The first kappa shape index (κ1) is 78.1. The molecule has 0 spiro atoms. The standard InChI is InChI=1S/C74H141NO5/c1-3-5-7-9-11-13-15-17-19-20-36-39-42-46-50-54-58-62-66-72(77)71(70-76)75-73(78)67-63-59-55-51-47-43-40-37-34-32-30-28-26-24-22-21-23-25-27-29-31-33-35-38-41-45-49-53-57-61-65-69-80-74(79)68-64-60-56-52-48-44-18-16-14-12-10-8-6-4-2/h23,25,29,31,62,66,71-72,76-77H,3-22,24,26-28,30,32-61,63-65,67-70H2,1-2H3,(H,75,78)/b25-23-,31-29-,66-62+. The molecule has 0 bridgehead atoms. The highest BCUT2D eigenvalue weighted by Gasteiger charge is 2.18. The fourth-order valence-corrected chi connectivity index (χ4v) is 11.4. The number of allylic oxidation sites excluding steroid dienone is 5. The van der Waals surface area contributed by atoms with Crippen LogP contribution >= 0.6 is 0 Å². The molecule has 3 N–H and O–H groups in total. The smallest absolute Gasteiger partial charge is 0.305 e. The summed E-state index contributed by atoms with van der Waals surface area (Å²) in [5, 5.41) is 23.2. The van der Waals surface area contributed by atoms with E-state index in [-0.39, 0.29) is 18.5 Å². The zero-order valence-corrected chi connectivity index (χ0v) is 54.1. The van der Waals surface area contributed by atoms with Crippen molar-refractivity contribution in [3.63, 3.8) is 0 Å². The Morgan fingerprint density at radius 3 is 0.950 bits per heavy atom. The largest absolute Gasteiger partial charge is 0.466 e. The quantitative estimate of drug-likeness (QED) is 0.0320. The molecule has 0 rings (SSSR count). The third kappa shape index (κ3) is 65.2. The van der Waals surface area contributed by atoms with Gasteiger partial charge in [0.1, 0.15) is 0 Å². The lowest BCUT2D eigenvalue weighted by Gasteiger charge is -2.20. The van der Waals surface area contributed by atoms with Crippen molar-refractivity contribution in [2.75, 3.05) is 13.2 Å². The van der Waals surface area contributed by atoms with Gasteiger partial charge >= 0.3 is 5.97 Å². The van der Waals surface area contributed by atoms with Gasteiger partial charge in [0.05, 0.1) is 25.4 Å². The zero-order valence-electron chi connectivity index (χ0n) is 54.1. The summed E-state index contributed by atoms with van der Waals surface area (Å²) in [5.74, 6) is -0.0486. The number of esters is 1. The maximum atomic E-state index is 12.5. The minimum Gasteiger partial charge on any atom is -0.466 e. The van der Waals surface area contributed by atoms with E-state index in [1.54, 1.807) is 6.08 Å². The third-order valence-electron chi connectivity index (χ3n) is 16.9. The number of nitrogens with one attached hydrogen (secondary N) is 1. The number of ether oxygens (including phenoxy) is 1. The van der Waals surface area contributed by atoms with E-state index in [9.17, 15) is 19.8 Å². The van der Waals surface area contributed by atoms with Crippen LogP contribution in [-0.4, -0.2) is 47.4 Å². The van der Waals surface area contributed by atoms with Gasteiger partial charge in [-0.1, -0.05) is 359 Å². The highest BCUT2D eigenvalue weighted by atomic mass is 16.5. The molecule has 0 saturated carbocycles. The second-order valence-corrected chi connectivity index (χ2v) is 24.9. The number of unbranched alkanes of at least 4 members (excludes halogenated alkanes) is 53. The Hall–Kier alpha value is -1.92. The van der Waals surface area contributed by atoms with Crippen LogP contribution in [0.2, 0.25) is 0 Å². The summed E-state index contributed by atoms with van der Waals surface area (Å²) in [6.07, 6.45) is 89.5. The van der Waals surface area contributed by atoms with Crippen molar-refractivity contribution < 1.29 is 24.5 Å². The summed E-state index contributed by atoms with van der Waals surface area (Å²) in [7, 11) is 0. The molecule has 472 valence electrons. The van der Waals surface area contributed by atoms with Crippen molar-refractivity contribution in [3.05, 3.63) is 36.5 Å². The Morgan fingerprint density at radius 2 is 0.625 bits per heavy atom. The Morgan fingerprint density at radius 1 is 0.350 bits per heavy atom. The van der Waals surface area contributed by atoms with Crippen LogP contribution in [0.5, 0.6) is 0 Å². The Labute approximate surface area is 500 Å². The monoisotopic (exact) mass is 1120 g/mol. The molecule has 2 unspecified atom stereocenters. The number of carbonyl (C=O) groups is 2. The number of aliphatic hydroxyl groups is 2.